The lowest BCUT2D eigenvalue weighted by atomic mass is 9.93. The summed E-state index contributed by atoms with van der Waals surface area (Å²) in [4.78, 5) is 39.0. The Hall–Kier alpha value is -1.95. The number of amides is 1. The van der Waals surface area contributed by atoms with E-state index in [-0.39, 0.29) is 23.5 Å². The minimum Gasteiger partial charge on any atom is -0.376 e. The van der Waals surface area contributed by atoms with E-state index in [1.54, 1.807) is 0 Å². The van der Waals surface area contributed by atoms with Crippen LogP contribution < -0.4 is 10.9 Å². The Morgan fingerprint density at radius 3 is 2.91 bits per heavy atom. The van der Waals surface area contributed by atoms with Crippen molar-refractivity contribution in [2.45, 2.75) is 51.2 Å². The van der Waals surface area contributed by atoms with Gasteiger partial charge in [-0.2, -0.15) is 0 Å². The maximum Gasteiger partial charge on any atom is 0.261 e. The third kappa shape index (κ3) is 2.83. The van der Waals surface area contributed by atoms with Crippen molar-refractivity contribution in [1.29, 1.82) is 0 Å². The van der Waals surface area contributed by atoms with Crippen LogP contribution in [-0.4, -0.2) is 35.4 Å². The summed E-state index contributed by atoms with van der Waals surface area (Å²) in [6.45, 7) is 2.57. The number of carbonyl (C=O) groups excluding carboxylic acids is 2. The van der Waals surface area contributed by atoms with Gasteiger partial charge in [-0.05, 0) is 38.7 Å². The SMILES string of the molecule is CC(NC(=O)c1cc2c([nH]c1=O)CCCC2=O)C1CCCO1. The van der Waals surface area contributed by atoms with Crippen molar-refractivity contribution in [3.8, 4) is 0 Å². The summed E-state index contributed by atoms with van der Waals surface area (Å²) >= 11 is 0. The van der Waals surface area contributed by atoms with Gasteiger partial charge in [0.25, 0.3) is 11.5 Å². The fourth-order valence-electron chi connectivity index (χ4n) is 3.12. The zero-order valence-corrected chi connectivity index (χ0v) is 12.6. The van der Waals surface area contributed by atoms with Gasteiger partial charge in [-0.25, -0.2) is 0 Å². The van der Waals surface area contributed by atoms with E-state index in [1.807, 2.05) is 6.92 Å². The van der Waals surface area contributed by atoms with E-state index in [9.17, 15) is 14.4 Å². The number of carbonyl (C=O) groups is 2. The van der Waals surface area contributed by atoms with Crippen molar-refractivity contribution in [1.82, 2.24) is 10.3 Å². The van der Waals surface area contributed by atoms with Crippen LogP contribution in [-0.2, 0) is 11.2 Å². The quantitative estimate of drug-likeness (QED) is 0.878. The summed E-state index contributed by atoms with van der Waals surface area (Å²) in [6.07, 6.45) is 3.75. The molecule has 6 nitrogen and oxygen atoms in total. The molecule has 0 radical (unpaired) electrons. The molecule has 1 fully saturated rings. The lowest BCUT2D eigenvalue weighted by Gasteiger charge is -2.20. The zero-order valence-electron chi connectivity index (χ0n) is 12.6. The zero-order chi connectivity index (χ0) is 15.7. The third-order valence-electron chi connectivity index (χ3n) is 4.38. The first-order chi connectivity index (χ1) is 10.6. The molecule has 0 bridgehead atoms. The molecule has 1 aliphatic heterocycles. The van der Waals surface area contributed by atoms with E-state index in [4.69, 9.17) is 4.74 Å². The molecule has 0 aromatic carbocycles. The van der Waals surface area contributed by atoms with Crippen molar-refractivity contribution < 1.29 is 14.3 Å². The highest BCUT2D eigenvalue weighted by Gasteiger charge is 2.26. The van der Waals surface area contributed by atoms with Gasteiger partial charge in [0.15, 0.2) is 5.78 Å². The Morgan fingerprint density at radius 2 is 2.18 bits per heavy atom. The van der Waals surface area contributed by atoms with Crippen LogP contribution in [0.2, 0.25) is 0 Å². The molecule has 0 saturated carbocycles. The molecule has 0 spiro atoms. The highest BCUT2D eigenvalue weighted by molar-refractivity contribution is 6.01. The number of ketones is 1. The van der Waals surface area contributed by atoms with E-state index >= 15 is 0 Å². The van der Waals surface area contributed by atoms with Crippen molar-refractivity contribution in [3.63, 3.8) is 0 Å². The van der Waals surface area contributed by atoms with Gasteiger partial charge >= 0.3 is 0 Å². The van der Waals surface area contributed by atoms with Crippen molar-refractivity contribution in [2.75, 3.05) is 6.61 Å². The largest absolute Gasteiger partial charge is 0.376 e. The Labute approximate surface area is 128 Å². The second kappa shape index (κ2) is 6.04. The van der Waals surface area contributed by atoms with Gasteiger partial charge < -0.3 is 15.0 Å². The normalized spacial score (nSPS) is 22.2. The standard InChI is InChI=1S/C16H20N2O4/c1-9(14-6-3-7-22-14)17-15(20)11-8-10-12(18-16(11)21)4-2-5-13(10)19/h8-9,14H,2-7H2,1H3,(H,17,20)(H,18,21). The van der Waals surface area contributed by atoms with Crippen molar-refractivity contribution in [3.05, 3.63) is 33.2 Å². The van der Waals surface area contributed by atoms with E-state index in [0.717, 1.165) is 19.3 Å². The van der Waals surface area contributed by atoms with Gasteiger partial charge in [-0.3, -0.25) is 14.4 Å². The molecule has 2 aliphatic rings. The average Bonchev–Trinajstić information content (AvgIpc) is 3.01. The maximum atomic E-state index is 12.3. The molecule has 2 atom stereocenters. The molecular formula is C16H20N2O4. The van der Waals surface area contributed by atoms with Crippen LogP contribution in [0.5, 0.6) is 0 Å². The predicted molar refractivity (Wildman–Crippen MR) is 80.2 cm³/mol. The van der Waals surface area contributed by atoms with Crippen LogP contribution in [0.15, 0.2) is 10.9 Å². The van der Waals surface area contributed by atoms with Crippen LogP contribution >= 0.6 is 0 Å². The molecule has 1 aromatic rings. The molecule has 1 aliphatic carbocycles. The first kappa shape index (κ1) is 15.0. The van der Waals surface area contributed by atoms with Gasteiger partial charge in [-0.1, -0.05) is 0 Å². The summed E-state index contributed by atoms with van der Waals surface area (Å²) in [5, 5.41) is 2.81. The summed E-state index contributed by atoms with van der Waals surface area (Å²) in [5.74, 6) is -0.468. The first-order valence-corrected chi connectivity index (χ1v) is 7.78. The average molecular weight is 304 g/mol. The van der Waals surface area contributed by atoms with Gasteiger partial charge in [-0.15, -0.1) is 0 Å². The molecule has 1 aromatic heterocycles. The van der Waals surface area contributed by atoms with Crippen molar-refractivity contribution >= 4 is 11.7 Å². The fraction of sp³-hybridized carbons (Fsp3) is 0.562. The maximum absolute atomic E-state index is 12.3. The smallest absolute Gasteiger partial charge is 0.261 e. The second-order valence-corrected chi connectivity index (χ2v) is 5.99. The number of fused-ring (bicyclic) bond motifs is 1. The van der Waals surface area contributed by atoms with Crippen LogP contribution in [0.1, 0.15) is 59.0 Å². The highest BCUT2D eigenvalue weighted by Crippen LogP contribution is 2.19. The highest BCUT2D eigenvalue weighted by atomic mass is 16.5. The summed E-state index contributed by atoms with van der Waals surface area (Å²) in [7, 11) is 0. The van der Waals surface area contributed by atoms with E-state index in [0.29, 0.717) is 30.7 Å². The Kier molecular flexibility index (Phi) is 4.11. The molecule has 2 N–H and O–H groups in total. The molecule has 3 rings (SSSR count). The van der Waals surface area contributed by atoms with Crippen LogP contribution in [0.25, 0.3) is 0 Å². The number of pyridine rings is 1. The minimum atomic E-state index is -0.453. The number of aromatic amines is 1. The number of aryl methyl sites for hydroxylation is 1. The number of Topliss-reactive ketones (excluding diaryl/α,β-unsaturated/α-hetero) is 1. The summed E-state index contributed by atoms with van der Waals surface area (Å²) in [6, 6.07) is 1.27. The topological polar surface area (TPSA) is 88.3 Å². The monoisotopic (exact) mass is 304 g/mol. The Morgan fingerprint density at radius 1 is 1.36 bits per heavy atom. The second-order valence-electron chi connectivity index (χ2n) is 5.99. The lowest BCUT2D eigenvalue weighted by Crippen LogP contribution is -2.42. The van der Waals surface area contributed by atoms with E-state index in [2.05, 4.69) is 10.3 Å². The number of hydrogen-bond acceptors (Lipinski definition) is 4. The molecule has 2 unspecified atom stereocenters. The van der Waals surface area contributed by atoms with E-state index < -0.39 is 11.5 Å². The van der Waals surface area contributed by atoms with Crippen LogP contribution in [0.3, 0.4) is 0 Å². The molecule has 1 saturated heterocycles. The van der Waals surface area contributed by atoms with Gasteiger partial charge in [0.1, 0.15) is 5.56 Å². The molecule has 2 heterocycles. The third-order valence-corrected chi connectivity index (χ3v) is 4.38. The fourth-order valence-corrected chi connectivity index (χ4v) is 3.12. The summed E-state index contributed by atoms with van der Waals surface area (Å²) < 4.78 is 5.53. The Balaban J connectivity index is 1.81. The predicted octanol–water partition coefficient (Wildman–Crippen LogP) is 1.19. The lowest BCUT2D eigenvalue weighted by molar-refractivity contribution is 0.0711. The number of hydrogen-bond donors (Lipinski definition) is 2. The molecule has 6 heteroatoms. The van der Waals surface area contributed by atoms with Gasteiger partial charge in [0, 0.05) is 24.3 Å². The molecular weight excluding hydrogens is 284 g/mol. The molecule has 1 amide bonds. The summed E-state index contributed by atoms with van der Waals surface area (Å²) in [5.41, 5.74) is 0.676. The first-order valence-electron chi connectivity index (χ1n) is 7.78. The minimum absolute atomic E-state index is 0.00107. The number of nitrogens with one attached hydrogen (secondary N) is 2. The number of ether oxygens (including phenoxy) is 1. The number of rotatable bonds is 3. The van der Waals surface area contributed by atoms with E-state index in [1.165, 1.54) is 6.07 Å². The van der Waals surface area contributed by atoms with Crippen molar-refractivity contribution in [2.24, 2.45) is 0 Å². The van der Waals surface area contributed by atoms with Gasteiger partial charge in [0.05, 0.1) is 12.1 Å². The molecule has 22 heavy (non-hydrogen) atoms. The molecule has 118 valence electrons. The van der Waals surface area contributed by atoms with Crippen LogP contribution in [0.4, 0.5) is 0 Å². The van der Waals surface area contributed by atoms with Gasteiger partial charge in [0.2, 0.25) is 0 Å². The number of H-pyrrole nitrogens is 1. The number of aromatic nitrogens is 1. The Bertz CT molecular complexity index is 659. The van der Waals surface area contributed by atoms with Crippen LogP contribution in [0, 0.1) is 0 Å².